The van der Waals surface area contributed by atoms with Gasteiger partial charge in [0.05, 0.1) is 51.6 Å². The zero-order valence-corrected chi connectivity index (χ0v) is 25.5. The molecular formula is C46H26N2OS. The summed E-state index contributed by atoms with van der Waals surface area (Å²) in [5.74, 6) is -0.654. The molecule has 0 aliphatic carbocycles. The van der Waals surface area contributed by atoms with E-state index >= 15 is 0 Å². The smallest absolute Gasteiger partial charge is 0.160 e. The van der Waals surface area contributed by atoms with E-state index < -0.39 is 245 Å². The van der Waals surface area contributed by atoms with Crippen LogP contribution in [0, 0.1) is 0 Å². The molecule has 0 saturated carbocycles. The molecule has 0 aliphatic rings. The van der Waals surface area contributed by atoms with Crippen molar-refractivity contribution in [1.82, 2.24) is 9.97 Å². The average Bonchev–Trinajstić information content (AvgIpc) is 4.08. The van der Waals surface area contributed by atoms with Crippen LogP contribution in [0.4, 0.5) is 0 Å². The van der Waals surface area contributed by atoms with Crippen LogP contribution >= 0.6 is 11.3 Å². The molecule has 232 valence electrons. The predicted molar refractivity (Wildman–Crippen MR) is 211 cm³/mol. The highest BCUT2D eigenvalue weighted by Crippen LogP contribution is 2.44. The summed E-state index contributed by atoms with van der Waals surface area (Å²) in [6.45, 7) is 0. The summed E-state index contributed by atoms with van der Waals surface area (Å²) in [7, 11) is 0. The van der Waals surface area contributed by atoms with E-state index in [1.54, 1.807) is 0 Å². The highest BCUT2D eigenvalue weighted by Gasteiger charge is 2.21. The summed E-state index contributed by atoms with van der Waals surface area (Å²) < 4.78 is 238. The number of hydrogen-bond donors (Lipinski definition) is 0. The highest BCUT2D eigenvalue weighted by atomic mass is 32.1. The molecule has 0 aliphatic heterocycles. The van der Waals surface area contributed by atoms with Crippen LogP contribution in [-0.2, 0) is 0 Å². The van der Waals surface area contributed by atoms with Crippen LogP contribution < -0.4 is 0 Å². The summed E-state index contributed by atoms with van der Waals surface area (Å²) in [5.41, 5.74) is -4.44. The van der Waals surface area contributed by atoms with Crippen LogP contribution in [-0.4, -0.2) is 9.97 Å². The molecule has 0 saturated heterocycles. The van der Waals surface area contributed by atoms with E-state index in [9.17, 15) is 8.22 Å². The first-order valence-electron chi connectivity index (χ1n) is 27.7. The Morgan fingerprint density at radius 2 is 1.22 bits per heavy atom. The van der Waals surface area contributed by atoms with Crippen LogP contribution in [0.1, 0.15) is 35.6 Å². The van der Waals surface area contributed by atoms with Crippen molar-refractivity contribution in [1.29, 1.82) is 0 Å². The molecule has 0 radical (unpaired) electrons. The van der Waals surface area contributed by atoms with Crippen LogP contribution in [0.2, 0.25) is 0 Å². The van der Waals surface area contributed by atoms with Gasteiger partial charge in [0.15, 0.2) is 5.82 Å². The Kier molecular flexibility index (Phi) is 2.64. The van der Waals surface area contributed by atoms with E-state index in [4.69, 9.17) is 36.8 Å². The zero-order chi connectivity index (χ0) is 55.4. The maximum atomic E-state index is 9.71. The molecule has 0 bridgehead atoms. The molecule has 3 aromatic heterocycles. The van der Waals surface area contributed by atoms with Crippen LogP contribution in [0.25, 0.3) is 108 Å². The fraction of sp³-hybridized carbons (Fsp3) is 0. The Bertz CT molecular complexity index is 4670. The number of fused-ring (bicyclic) bond motifs is 10. The molecule has 0 amide bonds. The topological polar surface area (TPSA) is 38.9 Å². The highest BCUT2D eigenvalue weighted by molar-refractivity contribution is 7.26. The van der Waals surface area contributed by atoms with Gasteiger partial charge in [0, 0.05) is 32.0 Å². The molecule has 0 spiro atoms. The van der Waals surface area contributed by atoms with Gasteiger partial charge in [-0.2, -0.15) is 0 Å². The Morgan fingerprint density at radius 3 is 2.12 bits per heavy atom. The van der Waals surface area contributed by atoms with Crippen LogP contribution in [0.15, 0.2) is 162 Å². The third-order valence-electron chi connectivity index (χ3n) is 8.12. The van der Waals surface area contributed by atoms with Crippen LogP contribution in [0.5, 0.6) is 0 Å². The number of hydrogen-bond acceptors (Lipinski definition) is 4. The normalized spacial score (nSPS) is 19.3. The molecule has 0 N–H and O–H groups in total. The van der Waals surface area contributed by atoms with Crippen molar-refractivity contribution >= 4 is 85.9 Å². The zero-order valence-electron chi connectivity index (χ0n) is 50.7. The standard InChI is InChI=1S/C46H26N2OS/c1-2-11-28-24-31(21-20-27(28)10-1)46-47-43-36-16-7-8-19-41(36)50-45(43)44(48-46)37-17-9-18-39-42(37)35-23-22-30(26-40(35)49-39)38-25-29-12-3-4-13-32(29)33-14-5-6-15-34(33)38/h1-26H/i1D,2D,3D,4D,5D,6D,7D,8D,9D,10D,11D,12D,13D,14D,15D,16D,17D,18D,19D,20D,21D,22D,23D,24D,25D,26D. The fourth-order valence-corrected chi connectivity index (χ4v) is 6.99. The molecule has 3 nitrogen and oxygen atoms in total. The average molecular weight is 681 g/mol. The molecule has 11 rings (SSSR count). The van der Waals surface area contributed by atoms with Crippen LogP contribution in [0.3, 0.4) is 0 Å². The van der Waals surface area contributed by atoms with Crippen molar-refractivity contribution in [2.45, 2.75) is 0 Å². The van der Waals surface area contributed by atoms with E-state index in [-0.39, 0.29) is 20.3 Å². The van der Waals surface area contributed by atoms with Gasteiger partial charge in [-0.25, -0.2) is 9.97 Å². The van der Waals surface area contributed by atoms with Gasteiger partial charge < -0.3 is 4.42 Å². The van der Waals surface area contributed by atoms with Gasteiger partial charge in [-0.05, 0) is 79.7 Å². The predicted octanol–water partition coefficient (Wildman–Crippen LogP) is 13.2. The minimum Gasteiger partial charge on any atom is -0.456 e. The number of aromatic nitrogens is 2. The number of nitrogens with zero attached hydrogens (tertiary/aromatic N) is 2. The second kappa shape index (κ2) is 10.6. The van der Waals surface area contributed by atoms with Crippen molar-refractivity contribution in [3.05, 3.63) is 157 Å². The number of thiophene rings is 1. The lowest BCUT2D eigenvalue weighted by Gasteiger charge is -2.11. The summed E-state index contributed by atoms with van der Waals surface area (Å²) in [6.07, 6.45) is 0. The lowest BCUT2D eigenvalue weighted by atomic mass is 9.93. The van der Waals surface area contributed by atoms with Crippen molar-refractivity contribution < 1.29 is 40.1 Å². The van der Waals surface area contributed by atoms with Crippen molar-refractivity contribution in [2.75, 3.05) is 0 Å². The minimum atomic E-state index is -0.929. The summed E-state index contributed by atoms with van der Waals surface area (Å²) in [5, 5.41) is -4.20. The maximum absolute atomic E-state index is 9.71. The van der Waals surface area contributed by atoms with Gasteiger partial charge in [-0.1, -0.05) is 121 Å². The quantitative estimate of drug-likeness (QED) is 0.174. The second-order valence-electron chi connectivity index (χ2n) is 10.9. The first-order chi connectivity index (χ1) is 35.6. The van der Waals surface area contributed by atoms with Gasteiger partial charge in [0.25, 0.3) is 0 Å². The summed E-state index contributed by atoms with van der Waals surface area (Å²) in [6, 6.07) is -20.3. The Labute approximate surface area is 327 Å². The van der Waals surface area contributed by atoms with E-state index in [0.29, 0.717) is 11.3 Å². The van der Waals surface area contributed by atoms with Gasteiger partial charge >= 0.3 is 0 Å². The van der Waals surface area contributed by atoms with Gasteiger partial charge in [-0.15, -0.1) is 11.3 Å². The third-order valence-corrected chi connectivity index (χ3v) is 9.22. The molecule has 0 fully saturated rings. The van der Waals surface area contributed by atoms with Crippen molar-refractivity contribution in [3.8, 4) is 33.8 Å². The summed E-state index contributed by atoms with van der Waals surface area (Å²) in [4.78, 5) is 9.29. The number of furan rings is 1. The molecule has 11 aromatic rings. The number of rotatable bonds is 3. The first-order valence-corrected chi connectivity index (χ1v) is 15.5. The SMILES string of the molecule is [2H]c1c([2H])c(-c2nc(-c3c([2H])c([2H])c4c([2H])c([2H])c([2H])c([2H])c4c3[2H])nc3c2sc2c([2H])c([2H])c([2H])c([2H])c23)c2c(oc3c([2H])c(-c4c([2H])c5c([2H])c([2H])c([2H])c([2H])c5c5c([2H])c([2H])c([2H])c([2H])c45)c([2H])c([2H])c32)c1[2H]. The Balaban J connectivity index is 1.34. The Hall–Kier alpha value is -6.36. The molecule has 0 atom stereocenters. The maximum Gasteiger partial charge on any atom is 0.160 e. The lowest BCUT2D eigenvalue weighted by Crippen LogP contribution is -1.94. The molecule has 50 heavy (non-hydrogen) atoms. The fourth-order valence-electron chi connectivity index (χ4n) is 5.94. The molecule has 4 heteroatoms. The third kappa shape index (κ3) is 4.09. The van der Waals surface area contributed by atoms with E-state index in [1.165, 1.54) is 0 Å². The largest absolute Gasteiger partial charge is 0.456 e. The van der Waals surface area contributed by atoms with E-state index in [0.717, 1.165) is 0 Å². The van der Waals surface area contributed by atoms with Gasteiger partial charge in [-0.3, -0.25) is 0 Å². The summed E-state index contributed by atoms with van der Waals surface area (Å²) >= 11 is 0.684. The minimum absolute atomic E-state index is 0.118. The van der Waals surface area contributed by atoms with Gasteiger partial charge in [0.1, 0.15) is 11.2 Å². The molecule has 0 unspecified atom stereocenters. The van der Waals surface area contributed by atoms with Crippen molar-refractivity contribution in [3.63, 3.8) is 0 Å². The molecular weight excluding hydrogens is 629 g/mol. The number of benzene rings is 8. The van der Waals surface area contributed by atoms with E-state index in [2.05, 4.69) is 4.98 Å². The molecule has 3 heterocycles. The second-order valence-corrected chi connectivity index (χ2v) is 11.9. The van der Waals surface area contributed by atoms with Crippen molar-refractivity contribution in [2.24, 2.45) is 0 Å². The van der Waals surface area contributed by atoms with Gasteiger partial charge in [0.2, 0.25) is 0 Å². The molecule has 8 aromatic carbocycles. The lowest BCUT2D eigenvalue weighted by molar-refractivity contribution is 0.669. The monoisotopic (exact) mass is 680 g/mol. The van der Waals surface area contributed by atoms with E-state index in [1.807, 2.05) is 0 Å². The first kappa shape index (κ1) is 12.5. The Morgan fingerprint density at radius 1 is 0.480 bits per heavy atom.